The summed E-state index contributed by atoms with van der Waals surface area (Å²) >= 11 is 17.4. The number of alkyl halides is 9. The van der Waals surface area contributed by atoms with Crippen LogP contribution >= 0.6 is 34.8 Å². The zero-order chi connectivity index (χ0) is 29.9. The average Bonchev–Trinajstić information content (AvgIpc) is 2.78. The molecule has 3 nitrogen and oxygen atoms in total. The molecule has 0 aliphatic carbocycles. The molecule has 2 rings (SSSR count). The number of carbonyl (C=O) groups is 2. The lowest BCUT2D eigenvalue weighted by Crippen LogP contribution is -2.37. The smallest absolute Gasteiger partial charge is 0.347 e. The fourth-order valence-corrected chi connectivity index (χ4v) is 3.97. The maximum absolute atomic E-state index is 13.7. The van der Waals surface area contributed by atoms with Gasteiger partial charge in [0.15, 0.2) is 5.78 Å². The molecule has 0 aliphatic rings. The van der Waals surface area contributed by atoms with Crippen LogP contribution in [-0.2, 0) is 11.0 Å². The van der Waals surface area contributed by atoms with E-state index >= 15 is 0 Å². The van der Waals surface area contributed by atoms with Crippen molar-refractivity contribution in [2.75, 3.05) is 6.54 Å². The van der Waals surface area contributed by atoms with Gasteiger partial charge in [0, 0.05) is 17.9 Å². The molecule has 0 heterocycles. The molecule has 2 aromatic rings. The molecule has 214 valence electrons. The van der Waals surface area contributed by atoms with Crippen LogP contribution in [0.1, 0.15) is 46.3 Å². The molecule has 0 bridgehead atoms. The molecular weight excluding hydrogens is 612 g/mol. The van der Waals surface area contributed by atoms with Crippen LogP contribution in [0, 0.1) is 5.92 Å². The molecule has 1 amide bonds. The average molecular weight is 629 g/mol. The zero-order valence-electron chi connectivity index (χ0n) is 19.5. The van der Waals surface area contributed by atoms with Crippen LogP contribution in [0.5, 0.6) is 0 Å². The normalized spacial score (nSPS) is 14.4. The van der Waals surface area contributed by atoms with Crippen LogP contribution in [-0.4, -0.2) is 30.6 Å². The lowest BCUT2D eigenvalue weighted by atomic mass is 9.93. The second kappa shape index (κ2) is 12.4. The van der Waals surface area contributed by atoms with Gasteiger partial charge in [-0.2, -0.15) is 39.5 Å². The van der Waals surface area contributed by atoms with E-state index in [1.807, 2.05) is 0 Å². The molecule has 0 radical (unpaired) electrons. The number of hydrogen-bond donors (Lipinski definition) is 1. The van der Waals surface area contributed by atoms with Crippen LogP contribution in [0.25, 0.3) is 6.08 Å². The quantitative estimate of drug-likeness (QED) is 0.180. The minimum Gasteiger partial charge on any atom is -0.347 e. The van der Waals surface area contributed by atoms with Crippen molar-refractivity contribution in [3.63, 3.8) is 0 Å². The van der Waals surface area contributed by atoms with Gasteiger partial charge in [-0.15, -0.1) is 0 Å². The first-order valence-electron chi connectivity index (χ1n) is 10.7. The Balaban J connectivity index is 2.37. The fraction of sp³-hybridized carbons (Fsp3) is 0.333. The topological polar surface area (TPSA) is 46.2 Å². The van der Waals surface area contributed by atoms with Gasteiger partial charge in [0.2, 0.25) is 5.91 Å². The number of Topliss-reactive ketones (excluding diaryl/α,β-unsaturated/α-hetero) is 1. The van der Waals surface area contributed by atoms with Crippen molar-refractivity contribution < 1.29 is 49.1 Å². The number of allylic oxidation sites excluding steroid dienone is 1. The number of nitrogens with one attached hydrogen (secondary N) is 1. The highest BCUT2D eigenvalue weighted by Gasteiger charge is 2.40. The third-order valence-corrected chi connectivity index (χ3v) is 6.45. The van der Waals surface area contributed by atoms with Crippen LogP contribution in [0.2, 0.25) is 15.1 Å². The van der Waals surface area contributed by atoms with Crippen molar-refractivity contribution in [2.45, 2.75) is 37.8 Å². The Hall–Kier alpha value is -2.44. The molecule has 2 aromatic carbocycles. The lowest BCUT2D eigenvalue weighted by molar-refractivity contribution is -0.140. The first-order chi connectivity index (χ1) is 17.7. The van der Waals surface area contributed by atoms with Crippen molar-refractivity contribution in [3.8, 4) is 0 Å². The van der Waals surface area contributed by atoms with Crippen LogP contribution in [0.3, 0.4) is 0 Å². The number of ketones is 1. The number of hydrogen-bond acceptors (Lipinski definition) is 2. The minimum atomic E-state index is -5.13. The summed E-state index contributed by atoms with van der Waals surface area (Å²) in [6, 6.07) is 3.92. The predicted octanol–water partition coefficient (Wildman–Crippen LogP) is 8.91. The Morgan fingerprint density at radius 3 is 1.97 bits per heavy atom. The minimum absolute atomic E-state index is 0.186. The van der Waals surface area contributed by atoms with Crippen molar-refractivity contribution in [3.05, 3.63) is 73.7 Å². The summed E-state index contributed by atoms with van der Waals surface area (Å²) < 4.78 is 119. The maximum atomic E-state index is 13.7. The van der Waals surface area contributed by atoms with E-state index in [0.29, 0.717) is 18.2 Å². The summed E-state index contributed by atoms with van der Waals surface area (Å²) in [6.07, 6.45) is -14.3. The first-order valence-corrected chi connectivity index (χ1v) is 11.8. The molecule has 0 aromatic heterocycles. The van der Waals surface area contributed by atoms with Crippen molar-refractivity contribution in [1.82, 2.24) is 5.32 Å². The molecule has 0 saturated carbocycles. The van der Waals surface area contributed by atoms with Crippen molar-refractivity contribution in [1.29, 1.82) is 0 Å². The standard InChI is InChI=1S/C24H17Cl3F9NO2/c1-11(21(39)37-10-22(28,29)30)6-19(38)14-4-2-12(7-16(14)24(34,35)36)3-5-15(23(31,32)33)13-8-17(25)20(27)18(26)9-13/h2-5,7-9,11,15H,6,10H2,1H3,(H,37,39)/b5-3+/t11-,15+/m0/s1. The number of benzene rings is 2. The van der Waals surface area contributed by atoms with Crippen LogP contribution < -0.4 is 5.32 Å². The van der Waals surface area contributed by atoms with Crippen LogP contribution in [0.15, 0.2) is 36.4 Å². The lowest BCUT2D eigenvalue weighted by Gasteiger charge is -2.19. The van der Waals surface area contributed by atoms with Crippen molar-refractivity contribution in [2.24, 2.45) is 5.92 Å². The van der Waals surface area contributed by atoms with E-state index in [1.54, 1.807) is 0 Å². The monoisotopic (exact) mass is 627 g/mol. The van der Waals surface area contributed by atoms with Gasteiger partial charge in [0.1, 0.15) is 6.54 Å². The summed E-state index contributed by atoms with van der Waals surface area (Å²) in [7, 11) is 0. The number of carbonyl (C=O) groups excluding carboxylic acids is 2. The van der Waals surface area contributed by atoms with E-state index in [4.69, 9.17) is 34.8 Å². The van der Waals surface area contributed by atoms with Gasteiger partial charge in [0.05, 0.1) is 26.5 Å². The molecule has 15 heteroatoms. The summed E-state index contributed by atoms with van der Waals surface area (Å²) in [4.78, 5) is 24.3. The largest absolute Gasteiger partial charge is 0.417 e. The van der Waals surface area contributed by atoms with E-state index in [-0.39, 0.29) is 20.6 Å². The molecule has 2 atom stereocenters. The van der Waals surface area contributed by atoms with Crippen LogP contribution in [0.4, 0.5) is 39.5 Å². The molecular formula is C24H17Cl3F9NO2. The summed E-state index contributed by atoms with van der Waals surface area (Å²) in [5, 5.41) is 0.801. The summed E-state index contributed by atoms with van der Waals surface area (Å²) in [5.74, 6) is -6.14. The SMILES string of the molecule is C[C@@H](CC(=O)c1ccc(/C=C/[C@H](c2cc(Cl)c(Cl)c(Cl)c2)C(F)(F)F)cc1C(F)(F)F)C(=O)NCC(F)(F)F. The summed E-state index contributed by atoms with van der Waals surface area (Å²) in [6.45, 7) is -0.632. The molecule has 0 spiro atoms. The van der Waals surface area contributed by atoms with Gasteiger partial charge in [-0.25, -0.2) is 0 Å². The van der Waals surface area contributed by atoms with E-state index in [0.717, 1.165) is 31.2 Å². The van der Waals surface area contributed by atoms with E-state index in [2.05, 4.69) is 0 Å². The Morgan fingerprint density at radius 1 is 0.923 bits per heavy atom. The first kappa shape index (κ1) is 32.8. The highest BCUT2D eigenvalue weighted by molar-refractivity contribution is 6.48. The van der Waals surface area contributed by atoms with Gasteiger partial charge in [-0.3, -0.25) is 9.59 Å². The van der Waals surface area contributed by atoms with E-state index in [1.165, 1.54) is 5.32 Å². The predicted molar refractivity (Wildman–Crippen MR) is 128 cm³/mol. The number of halogens is 12. The maximum Gasteiger partial charge on any atom is 0.417 e. The molecule has 1 N–H and O–H groups in total. The molecule has 0 saturated heterocycles. The fourth-order valence-electron chi connectivity index (χ4n) is 3.36. The third-order valence-electron chi connectivity index (χ3n) is 5.25. The zero-order valence-corrected chi connectivity index (χ0v) is 21.7. The van der Waals surface area contributed by atoms with Gasteiger partial charge >= 0.3 is 18.5 Å². The highest BCUT2D eigenvalue weighted by Crippen LogP contribution is 2.41. The van der Waals surface area contributed by atoms with Gasteiger partial charge in [0.25, 0.3) is 0 Å². The van der Waals surface area contributed by atoms with E-state index in [9.17, 15) is 49.1 Å². The number of amides is 1. The van der Waals surface area contributed by atoms with Crippen molar-refractivity contribution >= 4 is 52.6 Å². The highest BCUT2D eigenvalue weighted by atomic mass is 35.5. The summed E-state index contributed by atoms with van der Waals surface area (Å²) in [5.41, 5.74) is -3.19. The second-order valence-corrected chi connectivity index (χ2v) is 9.53. The molecule has 0 unspecified atom stereocenters. The molecule has 0 fully saturated rings. The van der Waals surface area contributed by atoms with Gasteiger partial charge < -0.3 is 5.32 Å². The van der Waals surface area contributed by atoms with Gasteiger partial charge in [-0.05, 0) is 29.3 Å². The molecule has 39 heavy (non-hydrogen) atoms. The Bertz CT molecular complexity index is 1230. The number of rotatable bonds is 8. The Morgan fingerprint density at radius 2 is 1.49 bits per heavy atom. The van der Waals surface area contributed by atoms with E-state index < -0.39 is 71.7 Å². The third kappa shape index (κ3) is 9.32. The Labute approximate surface area is 230 Å². The second-order valence-electron chi connectivity index (χ2n) is 8.34. The van der Waals surface area contributed by atoms with Gasteiger partial charge in [-0.1, -0.05) is 66.0 Å². The Kier molecular flexibility index (Phi) is 10.4. The molecule has 0 aliphatic heterocycles.